The van der Waals surface area contributed by atoms with Gasteiger partial charge in [0.15, 0.2) is 0 Å². The molecule has 20 heavy (non-hydrogen) atoms. The molecule has 1 fully saturated rings. The van der Waals surface area contributed by atoms with E-state index in [1.165, 1.54) is 50.6 Å². The normalized spacial score (nSPS) is 23.1. The highest BCUT2D eigenvalue weighted by atomic mass is 15.2. The van der Waals surface area contributed by atoms with E-state index in [2.05, 4.69) is 42.2 Å². The van der Waals surface area contributed by atoms with Gasteiger partial charge in [-0.05, 0) is 56.8 Å². The van der Waals surface area contributed by atoms with E-state index in [-0.39, 0.29) is 0 Å². The number of benzene rings is 1. The van der Waals surface area contributed by atoms with E-state index < -0.39 is 0 Å². The SMILES string of the molecule is CCN(CCCc1ccccc1)C1CCCCC1CN. The smallest absolute Gasteiger partial charge is 0.0135 e. The molecule has 0 amide bonds. The van der Waals surface area contributed by atoms with Crippen molar-refractivity contribution in [2.45, 2.75) is 51.5 Å². The first kappa shape index (κ1) is 15.5. The first-order valence-corrected chi connectivity index (χ1v) is 8.33. The minimum atomic E-state index is 0.723. The van der Waals surface area contributed by atoms with Crippen molar-refractivity contribution in [3.05, 3.63) is 35.9 Å². The maximum atomic E-state index is 5.98. The van der Waals surface area contributed by atoms with Gasteiger partial charge in [-0.1, -0.05) is 50.1 Å². The Morgan fingerprint density at radius 1 is 1.15 bits per heavy atom. The lowest BCUT2D eigenvalue weighted by atomic mass is 9.83. The number of rotatable bonds is 7. The summed E-state index contributed by atoms with van der Waals surface area (Å²) in [6.45, 7) is 5.53. The van der Waals surface area contributed by atoms with Crippen LogP contribution in [0.5, 0.6) is 0 Å². The molecule has 1 aliphatic carbocycles. The van der Waals surface area contributed by atoms with Crippen LogP contribution in [0.2, 0.25) is 0 Å². The van der Waals surface area contributed by atoms with Gasteiger partial charge in [-0.25, -0.2) is 0 Å². The zero-order valence-electron chi connectivity index (χ0n) is 12.9. The lowest BCUT2D eigenvalue weighted by Crippen LogP contribution is -2.45. The third-order valence-electron chi connectivity index (χ3n) is 4.80. The van der Waals surface area contributed by atoms with Crippen molar-refractivity contribution >= 4 is 0 Å². The van der Waals surface area contributed by atoms with Gasteiger partial charge in [-0.3, -0.25) is 0 Å². The van der Waals surface area contributed by atoms with Crippen LogP contribution in [0, 0.1) is 5.92 Å². The van der Waals surface area contributed by atoms with Crippen molar-refractivity contribution < 1.29 is 0 Å². The van der Waals surface area contributed by atoms with Gasteiger partial charge in [0.2, 0.25) is 0 Å². The molecule has 0 saturated heterocycles. The van der Waals surface area contributed by atoms with Crippen molar-refractivity contribution in [3.63, 3.8) is 0 Å². The average Bonchev–Trinajstić information content (AvgIpc) is 2.53. The summed E-state index contributed by atoms with van der Waals surface area (Å²) in [4.78, 5) is 2.68. The van der Waals surface area contributed by atoms with E-state index in [0.29, 0.717) is 0 Å². The van der Waals surface area contributed by atoms with Crippen LogP contribution in [0.1, 0.15) is 44.6 Å². The molecule has 0 aromatic heterocycles. The van der Waals surface area contributed by atoms with E-state index in [1.807, 2.05) is 0 Å². The Kier molecular flexibility index (Phi) is 6.55. The number of aryl methyl sites for hydroxylation is 1. The molecule has 0 aliphatic heterocycles. The highest BCUT2D eigenvalue weighted by molar-refractivity contribution is 5.14. The molecule has 2 nitrogen and oxygen atoms in total. The van der Waals surface area contributed by atoms with Crippen molar-refractivity contribution in [1.82, 2.24) is 4.90 Å². The van der Waals surface area contributed by atoms with Crippen LogP contribution in [-0.2, 0) is 6.42 Å². The van der Waals surface area contributed by atoms with Crippen molar-refractivity contribution in [2.75, 3.05) is 19.6 Å². The monoisotopic (exact) mass is 274 g/mol. The summed E-state index contributed by atoms with van der Waals surface area (Å²) in [5.41, 5.74) is 7.44. The molecule has 2 heteroatoms. The standard InChI is InChI=1S/C18H30N2/c1-2-20(18-13-7-6-12-17(18)15-19)14-8-11-16-9-4-3-5-10-16/h3-5,9-10,17-18H,2,6-8,11-15,19H2,1H3. The predicted molar refractivity (Wildman–Crippen MR) is 86.8 cm³/mol. The Morgan fingerprint density at radius 3 is 2.60 bits per heavy atom. The van der Waals surface area contributed by atoms with Crippen LogP contribution in [0.3, 0.4) is 0 Å². The van der Waals surface area contributed by atoms with Crippen LogP contribution in [0.4, 0.5) is 0 Å². The Labute approximate surface area is 124 Å². The summed E-state index contributed by atoms with van der Waals surface area (Å²) in [6.07, 6.45) is 7.89. The predicted octanol–water partition coefficient (Wildman–Crippen LogP) is 3.46. The maximum Gasteiger partial charge on any atom is 0.0135 e. The third-order valence-corrected chi connectivity index (χ3v) is 4.80. The Morgan fingerprint density at radius 2 is 1.90 bits per heavy atom. The number of nitrogens with two attached hydrogens (primary N) is 1. The average molecular weight is 274 g/mol. The second-order valence-corrected chi connectivity index (χ2v) is 6.07. The van der Waals surface area contributed by atoms with E-state index >= 15 is 0 Å². The third kappa shape index (κ3) is 4.32. The van der Waals surface area contributed by atoms with Crippen molar-refractivity contribution in [1.29, 1.82) is 0 Å². The molecule has 2 N–H and O–H groups in total. The molecule has 0 spiro atoms. The highest BCUT2D eigenvalue weighted by Crippen LogP contribution is 2.28. The topological polar surface area (TPSA) is 29.3 Å². The van der Waals surface area contributed by atoms with Crippen LogP contribution in [0.25, 0.3) is 0 Å². The summed E-state index contributed by atoms with van der Waals surface area (Å²) >= 11 is 0. The number of nitrogens with zero attached hydrogens (tertiary/aromatic N) is 1. The minimum Gasteiger partial charge on any atom is -0.330 e. The van der Waals surface area contributed by atoms with Gasteiger partial charge in [0, 0.05) is 6.04 Å². The second kappa shape index (κ2) is 8.43. The quantitative estimate of drug-likeness (QED) is 0.825. The molecule has 0 heterocycles. The maximum absolute atomic E-state index is 5.98. The van der Waals surface area contributed by atoms with Gasteiger partial charge in [0.25, 0.3) is 0 Å². The molecule has 1 aromatic rings. The fourth-order valence-electron chi connectivity index (χ4n) is 3.63. The van der Waals surface area contributed by atoms with Gasteiger partial charge >= 0.3 is 0 Å². The molecule has 1 saturated carbocycles. The van der Waals surface area contributed by atoms with Gasteiger partial charge in [0.1, 0.15) is 0 Å². The Balaban J connectivity index is 1.82. The van der Waals surface area contributed by atoms with E-state index in [4.69, 9.17) is 5.73 Å². The molecule has 0 bridgehead atoms. The van der Waals surface area contributed by atoms with Gasteiger partial charge < -0.3 is 10.6 Å². The summed E-state index contributed by atoms with van der Waals surface area (Å²) in [5, 5.41) is 0. The van der Waals surface area contributed by atoms with Gasteiger partial charge in [-0.15, -0.1) is 0 Å². The van der Waals surface area contributed by atoms with Crippen LogP contribution in [-0.4, -0.2) is 30.6 Å². The molecule has 2 atom stereocenters. The zero-order chi connectivity index (χ0) is 14.2. The molecule has 1 aromatic carbocycles. The van der Waals surface area contributed by atoms with Gasteiger partial charge in [-0.2, -0.15) is 0 Å². The fraction of sp³-hybridized carbons (Fsp3) is 0.667. The highest BCUT2D eigenvalue weighted by Gasteiger charge is 2.27. The molecule has 112 valence electrons. The fourth-order valence-corrected chi connectivity index (χ4v) is 3.63. The first-order valence-electron chi connectivity index (χ1n) is 8.33. The van der Waals surface area contributed by atoms with Crippen molar-refractivity contribution in [3.8, 4) is 0 Å². The summed E-state index contributed by atoms with van der Waals surface area (Å²) in [5.74, 6) is 0.723. The van der Waals surface area contributed by atoms with E-state index in [1.54, 1.807) is 0 Å². The number of hydrogen-bond donors (Lipinski definition) is 1. The zero-order valence-corrected chi connectivity index (χ0v) is 12.9. The molecule has 2 rings (SSSR count). The van der Waals surface area contributed by atoms with Crippen LogP contribution in [0.15, 0.2) is 30.3 Å². The molecule has 1 aliphatic rings. The summed E-state index contributed by atoms with van der Waals surface area (Å²) < 4.78 is 0. The van der Waals surface area contributed by atoms with Crippen LogP contribution >= 0.6 is 0 Å². The summed E-state index contributed by atoms with van der Waals surface area (Å²) in [6, 6.07) is 11.6. The molecular formula is C18H30N2. The second-order valence-electron chi connectivity index (χ2n) is 6.07. The van der Waals surface area contributed by atoms with E-state index in [9.17, 15) is 0 Å². The first-order chi connectivity index (χ1) is 9.85. The minimum absolute atomic E-state index is 0.723. The Hall–Kier alpha value is -0.860. The molecule has 2 unspecified atom stereocenters. The Bertz CT molecular complexity index is 363. The largest absolute Gasteiger partial charge is 0.330 e. The molecule has 0 radical (unpaired) electrons. The number of hydrogen-bond acceptors (Lipinski definition) is 2. The lowest BCUT2D eigenvalue weighted by Gasteiger charge is -2.39. The lowest BCUT2D eigenvalue weighted by molar-refractivity contribution is 0.111. The van der Waals surface area contributed by atoms with E-state index in [0.717, 1.165) is 25.0 Å². The summed E-state index contributed by atoms with van der Waals surface area (Å²) in [7, 11) is 0. The molecular weight excluding hydrogens is 244 g/mol. The van der Waals surface area contributed by atoms with Crippen LogP contribution < -0.4 is 5.73 Å². The van der Waals surface area contributed by atoms with Crippen molar-refractivity contribution in [2.24, 2.45) is 11.7 Å². The van der Waals surface area contributed by atoms with Gasteiger partial charge in [0.05, 0.1) is 0 Å².